The number of nitrogens with zero attached hydrogens (tertiary/aromatic N) is 4. The fourth-order valence-corrected chi connectivity index (χ4v) is 7.32. The van der Waals surface area contributed by atoms with Gasteiger partial charge in [-0.3, -0.25) is 4.79 Å². The van der Waals surface area contributed by atoms with E-state index in [1.807, 2.05) is 84.9 Å². The summed E-state index contributed by atoms with van der Waals surface area (Å²) < 4.78 is 84.3. The molecule has 0 radical (unpaired) electrons. The summed E-state index contributed by atoms with van der Waals surface area (Å²) in [6.45, 7) is 1.70. The molecule has 6 aromatic rings. The molecule has 1 saturated heterocycles. The first-order valence-electron chi connectivity index (χ1n) is 17.1. The van der Waals surface area contributed by atoms with Gasteiger partial charge in [-0.2, -0.15) is 4.68 Å². The molecule has 55 heavy (non-hydrogen) atoms. The van der Waals surface area contributed by atoms with Gasteiger partial charge in [0.15, 0.2) is 29.6 Å². The van der Waals surface area contributed by atoms with Crippen molar-refractivity contribution in [1.29, 1.82) is 0 Å². The zero-order chi connectivity index (χ0) is 38.6. The molecule has 1 fully saturated rings. The number of carbonyl (C=O) groups is 1. The summed E-state index contributed by atoms with van der Waals surface area (Å²) in [6.07, 6.45) is -1.49. The molecule has 0 saturated carbocycles. The lowest BCUT2D eigenvalue weighted by atomic mass is 9.91. The molecule has 2 N–H and O–H groups in total. The third kappa shape index (κ3) is 8.01. The molecular formula is C40H32F5N5O4S. The Labute approximate surface area is 316 Å². The van der Waals surface area contributed by atoms with Crippen molar-refractivity contribution >= 4 is 17.7 Å². The molecule has 0 bridgehead atoms. The highest BCUT2D eigenvalue weighted by Crippen LogP contribution is 2.43. The van der Waals surface area contributed by atoms with Crippen molar-refractivity contribution in [3.63, 3.8) is 0 Å². The molecule has 1 aliphatic heterocycles. The Kier molecular flexibility index (Phi) is 11.3. The molecule has 4 unspecified atom stereocenters. The van der Waals surface area contributed by atoms with Crippen molar-refractivity contribution in [3.8, 4) is 16.8 Å². The lowest BCUT2D eigenvalue weighted by Gasteiger charge is -2.41. The highest BCUT2D eigenvalue weighted by atomic mass is 32.2. The van der Waals surface area contributed by atoms with Crippen molar-refractivity contribution in [3.05, 3.63) is 160 Å². The van der Waals surface area contributed by atoms with Crippen molar-refractivity contribution in [2.24, 2.45) is 5.92 Å². The van der Waals surface area contributed by atoms with Crippen LogP contribution in [0.2, 0.25) is 0 Å². The second kappa shape index (κ2) is 16.5. The predicted molar refractivity (Wildman–Crippen MR) is 192 cm³/mol. The Hall–Kier alpha value is -5.48. The smallest absolute Gasteiger partial charge is 0.257 e. The van der Waals surface area contributed by atoms with Crippen molar-refractivity contribution in [1.82, 2.24) is 25.5 Å². The van der Waals surface area contributed by atoms with E-state index in [1.165, 1.54) is 11.8 Å². The van der Waals surface area contributed by atoms with Gasteiger partial charge >= 0.3 is 0 Å². The Morgan fingerprint density at radius 1 is 0.782 bits per heavy atom. The normalized spacial score (nSPS) is 18.3. The van der Waals surface area contributed by atoms with Crippen LogP contribution in [0.25, 0.3) is 16.8 Å². The third-order valence-electron chi connectivity index (χ3n) is 9.25. The molecule has 5 aromatic carbocycles. The number of para-hydroxylation sites is 1. The SMILES string of the molecule is CC1C(CSc2nnnn2-c2ccccc2)OC(c2cccc(-c3cccc(CNC(=O)c4c(F)c(F)c(F)c(F)c4F)c3)c2)OC1c1ccc(CO)cc1. The Balaban J connectivity index is 1.11. The lowest BCUT2D eigenvalue weighted by molar-refractivity contribution is -0.268. The van der Waals surface area contributed by atoms with E-state index in [1.54, 1.807) is 22.9 Å². The molecule has 1 amide bonds. The van der Waals surface area contributed by atoms with E-state index in [0.29, 0.717) is 22.0 Å². The van der Waals surface area contributed by atoms with E-state index < -0.39 is 46.8 Å². The molecule has 15 heteroatoms. The number of tetrazole rings is 1. The van der Waals surface area contributed by atoms with Crippen molar-refractivity contribution in [2.75, 3.05) is 5.75 Å². The number of rotatable bonds is 11. The average Bonchev–Trinajstić information content (AvgIpc) is 3.70. The maximum absolute atomic E-state index is 14.2. The van der Waals surface area contributed by atoms with Crippen LogP contribution in [0.15, 0.2) is 108 Å². The number of aliphatic hydroxyl groups excluding tert-OH is 1. The van der Waals surface area contributed by atoms with Gasteiger partial charge in [0.2, 0.25) is 11.0 Å². The van der Waals surface area contributed by atoms with Gasteiger partial charge in [0.25, 0.3) is 5.91 Å². The zero-order valence-electron chi connectivity index (χ0n) is 29.0. The van der Waals surface area contributed by atoms with E-state index in [0.717, 1.165) is 27.9 Å². The fraction of sp³-hybridized carbons (Fsp3) is 0.200. The molecule has 4 atom stereocenters. The van der Waals surface area contributed by atoms with Crippen LogP contribution in [0.4, 0.5) is 22.0 Å². The van der Waals surface area contributed by atoms with Crippen LogP contribution in [-0.4, -0.2) is 43.1 Å². The van der Waals surface area contributed by atoms with Gasteiger partial charge in [-0.05, 0) is 62.5 Å². The topological polar surface area (TPSA) is 111 Å². The largest absolute Gasteiger partial charge is 0.392 e. The summed E-state index contributed by atoms with van der Waals surface area (Å²) >= 11 is 1.46. The summed E-state index contributed by atoms with van der Waals surface area (Å²) in [5, 5.41) is 24.7. The highest BCUT2D eigenvalue weighted by Gasteiger charge is 2.39. The Bertz CT molecular complexity index is 2290. The zero-order valence-corrected chi connectivity index (χ0v) is 29.8. The van der Waals surface area contributed by atoms with Crippen LogP contribution >= 0.6 is 11.8 Å². The van der Waals surface area contributed by atoms with Gasteiger partial charge in [-0.25, -0.2) is 22.0 Å². The van der Waals surface area contributed by atoms with Crippen molar-refractivity contribution in [2.45, 2.75) is 43.7 Å². The van der Waals surface area contributed by atoms with Gasteiger partial charge in [0.05, 0.1) is 24.5 Å². The van der Waals surface area contributed by atoms with Crippen LogP contribution in [0.3, 0.4) is 0 Å². The van der Waals surface area contributed by atoms with Crippen molar-refractivity contribution < 1.29 is 41.3 Å². The lowest BCUT2D eigenvalue weighted by Crippen LogP contribution is -2.38. The molecule has 0 spiro atoms. The average molecular weight is 774 g/mol. The van der Waals surface area contributed by atoms with Crippen LogP contribution in [0.1, 0.15) is 51.9 Å². The number of amides is 1. The van der Waals surface area contributed by atoms with E-state index in [4.69, 9.17) is 9.47 Å². The van der Waals surface area contributed by atoms with E-state index in [2.05, 4.69) is 27.8 Å². The molecule has 7 rings (SSSR count). The number of nitrogens with one attached hydrogen (secondary N) is 1. The fourth-order valence-electron chi connectivity index (χ4n) is 6.27. The minimum atomic E-state index is -2.34. The Morgan fingerprint density at radius 2 is 1.45 bits per heavy atom. The molecule has 0 aliphatic carbocycles. The molecule has 1 aliphatic rings. The maximum Gasteiger partial charge on any atom is 0.257 e. The van der Waals surface area contributed by atoms with Crippen LogP contribution in [-0.2, 0) is 22.6 Å². The number of aromatic nitrogens is 4. The Morgan fingerprint density at radius 3 is 2.16 bits per heavy atom. The van der Waals surface area contributed by atoms with E-state index in [-0.39, 0.29) is 31.3 Å². The predicted octanol–water partition coefficient (Wildman–Crippen LogP) is 8.03. The van der Waals surface area contributed by atoms with Crippen LogP contribution in [0.5, 0.6) is 0 Å². The first-order valence-corrected chi connectivity index (χ1v) is 18.1. The van der Waals surface area contributed by atoms with Gasteiger partial charge in [0, 0.05) is 23.8 Å². The second-order valence-corrected chi connectivity index (χ2v) is 13.8. The van der Waals surface area contributed by atoms with Crippen LogP contribution < -0.4 is 5.32 Å². The molecule has 9 nitrogen and oxygen atoms in total. The molecule has 1 aromatic heterocycles. The third-order valence-corrected chi connectivity index (χ3v) is 10.3. The molecule has 2 heterocycles. The number of hydrogen-bond donors (Lipinski definition) is 2. The highest BCUT2D eigenvalue weighted by molar-refractivity contribution is 7.99. The second-order valence-electron chi connectivity index (χ2n) is 12.8. The van der Waals surface area contributed by atoms with Gasteiger partial charge in [-0.1, -0.05) is 97.5 Å². The number of halogens is 5. The first-order chi connectivity index (χ1) is 26.6. The summed E-state index contributed by atoms with van der Waals surface area (Å²) in [6, 6.07) is 31.5. The van der Waals surface area contributed by atoms with E-state index in [9.17, 15) is 31.9 Å². The number of thioether (sulfide) groups is 1. The summed E-state index contributed by atoms with van der Waals surface area (Å²) in [5.41, 5.74) is 3.64. The standard InChI is InChI=1S/C40H32F5N5O4S/c1-22-30(21-55-40-47-48-49-50(40)29-11-3-2-4-12-29)53-39(54-37(22)25-15-13-23(20-51)14-16-25)28-10-6-9-27(18-28)26-8-5-7-24(17-26)19-46-38(52)31-32(41)34(43)36(45)35(44)33(31)42/h2-18,22,30,37,39,51H,19-21H2,1H3,(H,46,52). The summed E-state index contributed by atoms with van der Waals surface area (Å²) in [7, 11) is 0. The van der Waals surface area contributed by atoms with E-state index >= 15 is 0 Å². The number of aliphatic hydroxyl groups is 1. The minimum absolute atomic E-state index is 0.0891. The molecule has 282 valence electrons. The summed E-state index contributed by atoms with van der Waals surface area (Å²) in [5.74, 6) is -12.2. The van der Waals surface area contributed by atoms with Gasteiger partial charge in [-0.15, -0.1) is 5.10 Å². The number of ether oxygens (including phenoxy) is 2. The first kappa shape index (κ1) is 37.8. The quantitative estimate of drug-likeness (QED) is 0.0590. The van der Waals surface area contributed by atoms with Gasteiger partial charge in [0.1, 0.15) is 5.56 Å². The number of hydrogen-bond acceptors (Lipinski definition) is 8. The maximum atomic E-state index is 14.2. The minimum Gasteiger partial charge on any atom is -0.392 e. The monoisotopic (exact) mass is 773 g/mol. The molecular weight excluding hydrogens is 742 g/mol. The summed E-state index contributed by atoms with van der Waals surface area (Å²) in [4.78, 5) is 12.6. The number of carbonyl (C=O) groups excluding carboxylic acids is 1. The van der Waals surface area contributed by atoms with Gasteiger partial charge < -0.3 is 19.9 Å². The van der Waals surface area contributed by atoms with Crippen LogP contribution in [0, 0.1) is 35.0 Å². The number of benzene rings is 5.